The fraction of sp³-hybridized carbons (Fsp3) is 0.571. The van der Waals surface area contributed by atoms with Crippen LogP contribution in [0.25, 0.3) is 0 Å². The molecule has 3 heteroatoms. The molecule has 0 amide bonds. The standard InChI is InChI=1S/C14H20INO/c15-13-5-7-14(8-6-13)17-12-4-11-16-9-2-1-3-10-16/h5-8H,1-4,9-12H2/p+1. The molecule has 0 bridgehead atoms. The summed E-state index contributed by atoms with van der Waals surface area (Å²) in [6.45, 7) is 4.85. The second kappa shape index (κ2) is 7.21. The lowest BCUT2D eigenvalue weighted by molar-refractivity contribution is -0.905. The maximum absolute atomic E-state index is 5.74. The Morgan fingerprint density at radius 1 is 1.06 bits per heavy atom. The van der Waals surface area contributed by atoms with Gasteiger partial charge in [0.15, 0.2) is 0 Å². The minimum Gasteiger partial charge on any atom is -0.493 e. The maximum atomic E-state index is 5.74. The summed E-state index contributed by atoms with van der Waals surface area (Å²) in [6, 6.07) is 8.28. The van der Waals surface area contributed by atoms with Crippen LogP contribution < -0.4 is 9.64 Å². The topological polar surface area (TPSA) is 13.7 Å². The van der Waals surface area contributed by atoms with Gasteiger partial charge in [-0.3, -0.25) is 0 Å². The molecule has 1 aliphatic rings. The van der Waals surface area contributed by atoms with Gasteiger partial charge >= 0.3 is 0 Å². The Balaban J connectivity index is 1.60. The molecule has 1 saturated heterocycles. The quantitative estimate of drug-likeness (QED) is 0.637. The van der Waals surface area contributed by atoms with Gasteiger partial charge in [-0.2, -0.15) is 0 Å². The average molecular weight is 346 g/mol. The number of hydrogen-bond donors (Lipinski definition) is 1. The van der Waals surface area contributed by atoms with E-state index in [1.54, 1.807) is 4.90 Å². The SMILES string of the molecule is Ic1ccc(OCCC[NH+]2CCCCC2)cc1. The van der Waals surface area contributed by atoms with Gasteiger partial charge in [0.25, 0.3) is 0 Å². The lowest BCUT2D eigenvalue weighted by Crippen LogP contribution is -3.12. The van der Waals surface area contributed by atoms with Crippen LogP contribution in [0.4, 0.5) is 0 Å². The van der Waals surface area contributed by atoms with Crippen molar-refractivity contribution in [2.75, 3.05) is 26.2 Å². The highest BCUT2D eigenvalue weighted by Crippen LogP contribution is 2.13. The third kappa shape index (κ3) is 4.84. The minimum absolute atomic E-state index is 0.851. The molecule has 1 N–H and O–H groups in total. The van der Waals surface area contributed by atoms with Crippen LogP contribution in [0.5, 0.6) is 5.75 Å². The maximum Gasteiger partial charge on any atom is 0.119 e. The van der Waals surface area contributed by atoms with Crippen molar-refractivity contribution in [3.8, 4) is 5.75 Å². The van der Waals surface area contributed by atoms with E-state index in [0.29, 0.717) is 0 Å². The third-order valence-corrected chi connectivity index (χ3v) is 4.04. The summed E-state index contributed by atoms with van der Waals surface area (Å²) < 4.78 is 6.99. The molecule has 1 heterocycles. The monoisotopic (exact) mass is 346 g/mol. The van der Waals surface area contributed by atoms with Gasteiger partial charge < -0.3 is 9.64 Å². The molecule has 1 fully saturated rings. The van der Waals surface area contributed by atoms with Crippen LogP contribution in [0.1, 0.15) is 25.7 Å². The number of nitrogens with one attached hydrogen (secondary N) is 1. The summed E-state index contributed by atoms with van der Waals surface area (Å²) in [5, 5.41) is 0. The van der Waals surface area contributed by atoms with Gasteiger partial charge in [-0.15, -0.1) is 0 Å². The molecule has 1 aromatic carbocycles. The second-order valence-electron chi connectivity index (χ2n) is 4.72. The van der Waals surface area contributed by atoms with Crippen molar-refractivity contribution in [2.24, 2.45) is 0 Å². The molecule has 0 aliphatic carbocycles. The van der Waals surface area contributed by atoms with Crippen LogP contribution in [0.3, 0.4) is 0 Å². The molecule has 2 nitrogen and oxygen atoms in total. The number of hydrogen-bond acceptors (Lipinski definition) is 1. The van der Waals surface area contributed by atoms with Gasteiger partial charge in [-0.25, -0.2) is 0 Å². The summed E-state index contributed by atoms with van der Waals surface area (Å²) in [6.07, 6.45) is 5.42. The summed E-state index contributed by atoms with van der Waals surface area (Å²) in [5.74, 6) is 0.999. The van der Waals surface area contributed by atoms with Crippen LogP contribution in [0.2, 0.25) is 0 Å². The smallest absolute Gasteiger partial charge is 0.119 e. The van der Waals surface area contributed by atoms with Gasteiger partial charge in [0.1, 0.15) is 5.75 Å². The molecular weight excluding hydrogens is 325 g/mol. The van der Waals surface area contributed by atoms with Crippen molar-refractivity contribution in [1.82, 2.24) is 0 Å². The number of ether oxygens (including phenoxy) is 1. The van der Waals surface area contributed by atoms with E-state index in [2.05, 4.69) is 46.9 Å². The highest BCUT2D eigenvalue weighted by atomic mass is 127. The lowest BCUT2D eigenvalue weighted by atomic mass is 10.1. The highest BCUT2D eigenvalue weighted by molar-refractivity contribution is 14.1. The first kappa shape index (κ1) is 13.1. The Kier molecular flexibility index (Phi) is 5.58. The first-order valence-corrected chi connectivity index (χ1v) is 7.64. The zero-order valence-corrected chi connectivity index (χ0v) is 12.4. The molecule has 94 valence electrons. The van der Waals surface area contributed by atoms with E-state index in [1.807, 2.05) is 0 Å². The average Bonchev–Trinajstić information content (AvgIpc) is 2.38. The number of halogens is 1. The fourth-order valence-electron chi connectivity index (χ4n) is 2.34. The number of rotatable bonds is 5. The Hall–Kier alpha value is -0.290. The van der Waals surface area contributed by atoms with Gasteiger partial charge in [0, 0.05) is 9.99 Å². The number of quaternary nitrogens is 1. The molecular formula is C14H21INO+. The number of benzene rings is 1. The molecule has 0 saturated carbocycles. The Labute approximate surface area is 117 Å². The second-order valence-corrected chi connectivity index (χ2v) is 5.96. The van der Waals surface area contributed by atoms with E-state index in [9.17, 15) is 0 Å². The van der Waals surface area contributed by atoms with Crippen molar-refractivity contribution >= 4 is 22.6 Å². The van der Waals surface area contributed by atoms with E-state index in [0.717, 1.165) is 12.4 Å². The van der Waals surface area contributed by atoms with Crippen LogP contribution in [0, 0.1) is 3.57 Å². The molecule has 0 radical (unpaired) electrons. The number of likely N-dealkylation sites (tertiary alicyclic amines) is 1. The van der Waals surface area contributed by atoms with Crippen LogP contribution in [-0.2, 0) is 0 Å². The largest absolute Gasteiger partial charge is 0.493 e. The number of piperidine rings is 1. The Morgan fingerprint density at radius 2 is 1.76 bits per heavy atom. The Morgan fingerprint density at radius 3 is 2.47 bits per heavy atom. The summed E-state index contributed by atoms with van der Waals surface area (Å²) in [7, 11) is 0. The molecule has 0 aromatic heterocycles. The van der Waals surface area contributed by atoms with Crippen molar-refractivity contribution in [2.45, 2.75) is 25.7 Å². The highest BCUT2D eigenvalue weighted by Gasteiger charge is 2.12. The van der Waals surface area contributed by atoms with Gasteiger partial charge in [0.05, 0.1) is 26.2 Å². The van der Waals surface area contributed by atoms with Gasteiger partial charge in [-0.1, -0.05) is 0 Å². The molecule has 1 aromatic rings. The first-order chi connectivity index (χ1) is 8.34. The van der Waals surface area contributed by atoms with E-state index < -0.39 is 0 Å². The molecule has 0 spiro atoms. The zero-order valence-electron chi connectivity index (χ0n) is 10.3. The Bertz CT molecular complexity index is 319. The summed E-state index contributed by atoms with van der Waals surface area (Å²) in [4.78, 5) is 1.77. The molecule has 2 rings (SSSR count). The third-order valence-electron chi connectivity index (χ3n) is 3.32. The molecule has 17 heavy (non-hydrogen) atoms. The zero-order chi connectivity index (χ0) is 11.9. The predicted octanol–water partition coefficient (Wildman–Crippen LogP) is 2.13. The molecule has 0 unspecified atom stereocenters. The van der Waals surface area contributed by atoms with Crippen LogP contribution >= 0.6 is 22.6 Å². The van der Waals surface area contributed by atoms with Gasteiger partial charge in [0.2, 0.25) is 0 Å². The first-order valence-electron chi connectivity index (χ1n) is 6.56. The van der Waals surface area contributed by atoms with Crippen LogP contribution in [0.15, 0.2) is 24.3 Å². The van der Waals surface area contributed by atoms with Crippen molar-refractivity contribution in [3.63, 3.8) is 0 Å². The fourth-order valence-corrected chi connectivity index (χ4v) is 2.70. The summed E-state index contributed by atoms with van der Waals surface area (Å²) in [5.41, 5.74) is 0. The van der Waals surface area contributed by atoms with E-state index in [4.69, 9.17) is 4.74 Å². The summed E-state index contributed by atoms with van der Waals surface area (Å²) >= 11 is 2.31. The van der Waals surface area contributed by atoms with Crippen molar-refractivity contribution in [3.05, 3.63) is 27.8 Å². The van der Waals surface area contributed by atoms with Crippen molar-refractivity contribution < 1.29 is 9.64 Å². The molecule has 1 aliphatic heterocycles. The van der Waals surface area contributed by atoms with E-state index in [-0.39, 0.29) is 0 Å². The molecule has 0 atom stereocenters. The van der Waals surface area contributed by atoms with Crippen molar-refractivity contribution in [1.29, 1.82) is 0 Å². The van der Waals surface area contributed by atoms with Gasteiger partial charge in [-0.05, 0) is 66.1 Å². The minimum atomic E-state index is 0.851. The van der Waals surface area contributed by atoms with E-state index >= 15 is 0 Å². The van der Waals surface area contributed by atoms with E-state index in [1.165, 1.54) is 48.9 Å². The normalized spacial score (nSPS) is 17.0. The predicted molar refractivity (Wildman–Crippen MR) is 78.7 cm³/mol. The lowest BCUT2D eigenvalue weighted by Gasteiger charge is -2.23. The van der Waals surface area contributed by atoms with Crippen LogP contribution in [-0.4, -0.2) is 26.2 Å².